The summed E-state index contributed by atoms with van der Waals surface area (Å²) in [5, 5.41) is 11.7. The summed E-state index contributed by atoms with van der Waals surface area (Å²) in [6.07, 6.45) is 1.58. The van der Waals surface area contributed by atoms with Gasteiger partial charge in [0.15, 0.2) is 5.65 Å². The zero-order valence-corrected chi connectivity index (χ0v) is 14.3. The highest BCUT2D eigenvalue weighted by molar-refractivity contribution is 5.83. The molecule has 0 bridgehead atoms. The van der Waals surface area contributed by atoms with Gasteiger partial charge < -0.3 is 16.2 Å². The lowest BCUT2D eigenvalue weighted by atomic mass is 10.1. The first-order valence-corrected chi connectivity index (χ1v) is 8.28. The normalized spacial score (nSPS) is 12.0. The first kappa shape index (κ1) is 18.3. The number of carboxylic acids is 1. The number of primary amides is 1. The Hall–Kier alpha value is -3.49. The molecule has 4 N–H and O–H groups in total. The molecule has 27 heavy (non-hydrogen) atoms. The van der Waals surface area contributed by atoms with Crippen LogP contribution in [-0.4, -0.2) is 38.1 Å². The molecular formula is C18H18FN5O3. The number of aliphatic carboxylic acids is 1. The minimum atomic E-state index is -0.963. The molecule has 3 rings (SSSR count). The molecule has 1 atom stereocenters. The van der Waals surface area contributed by atoms with Crippen molar-refractivity contribution in [1.29, 1.82) is 0 Å². The number of nitrogens with two attached hydrogens (primary N) is 1. The van der Waals surface area contributed by atoms with Crippen molar-refractivity contribution in [3.63, 3.8) is 0 Å². The molecule has 0 spiro atoms. The molecule has 1 aromatic carbocycles. The van der Waals surface area contributed by atoms with Crippen LogP contribution in [0.4, 0.5) is 10.3 Å². The van der Waals surface area contributed by atoms with Crippen molar-refractivity contribution in [3.05, 3.63) is 54.0 Å². The van der Waals surface area contributed by atoms with E-state index in [0.29, 0.717) is 16.7 Å². The number of amides is 1. The molecule has 8 nitrogen and oxygen atoms in total. The van der Waals surface area contributed by atoms with Gasteiger partial charge in [-0.2, -0.15) is 0 Å². The van der Waals surface area contributed by atoms with E-state index in [1.165, 1.54) is 16.7 Å². The van der Waals surface area contributed by atoms with Gasteiger partial charge in [-0.05, 0) is 29.8 Å². The monoisotopic (exact) mass is 371 g/mol. The molecular weight excluding hydrogens is 353 g/mol. The van der Waals surface area contributed by atoms with E-state index >= 15 is 0 Å². The van der Waals surface area contributed by atoms with Gasteiger partial charge in [0.1, 0.15) is 17.4 Å². The Balaban J connectivity index is 2.01. The minimum absolute atomic E-state index is 0.115. The van der Waals surface area contributed by atoms with E-state index in [1.807, 2.05) is 0 Å². The fourth-order valence-corrected chi connectivity index (χ4v) is 2.84. The second-order valence-electron chi connectivity index (χ2n) is 5.97. The van der Waals surface area contributed by atoms with E-state index in [9.17, 15) is 14.0 Å². The number of pyridine rings is 1. The smallest absolute Gasteiger partial charge is 0.305 e. The van der Waals surface area contributed by atoms with Gasteiger partial charge in [-0.25, -0.2) is 14.4 Å². The second kappa shape index (κ2) is 7.81. The van der Waals surface area contributed by atoms with Crippen molar-refractivity contribution < 1.29 is 19.1 Å². The first-order chi connectivity index (χ1) is 13.0. The van der Waals surface area contributed by atoms with Crippen LogP contribution in [0.15, 0.2) is 42.6 Å². The third-order valence-corrected chi connectivity index (χ3v) is 4.03. The number of rotatable bonds is 8. The predicted octanol–water partition coefficient (Wildman–Crippen LogP) is 1.73. The molecule has 2 heterocycles. The number of nitrogens with one attached hydrogen (secondary N) is 1. The SMILES string of the molecule is NC(=O)C(Cc1cccc(F)c1)n1c(NCCC(=O)O)nc2cccnc21. The van der Waals surface area contributed by atoms with Crippen LogP contribution in [0.1, 0.15) is 18.0 Å². The Morgan fingerprint density at radius 2 is 2.11 bits per heavy atom. The van der Waals surface area contributed by atoms with Gasteiger partial charge in [0, 0.05) is 19.2 Å². The van der Waals surface area contributed by atoms with Gasteiger partial charge in [0.2, 0.25) is 11.9 Å². The van der Waals surface area contributed by atoms with Crippen LogP contribution in [0.2, 0.25) is 0 Å². The molecule has 1 unspecified atom stereocenters. The second-order valence-corrected chi connectivity index (χ2v) is 5.97. The number of carboxylic acid groups (broad SMARTS) is 1. The molecule has 0 saturated carbocycles. The lowest BCUT2D eigenvalue weighted by molar-refractivity contribution is -0.136. The number of halogens is 1. The zero-order valence-electron chi connectivity index (χ0n) is 14.3. The summed E-state index contributed by atoms with van der Waals surface area (Å²) >= 11 is 0. The number of fused-ring (bicyclic) bond motifs is 1. The first-order valence-electron chi connectivity index (χ1n) is 8.28. The van der Waals surface area contributed by atoms with Crippen LogP contribution in [0.25, 0.3) is 11.2 Å². The Morgan fingerprint density at radius 3 is 2.81 bits per heavy atom. The maximum absolute atomic E-state index is 13.5. The van der Waals surface area contributed by atoms with Crippen molar-refractivity contribution in [1.82, 2.24) is 14.5 Å². The van der Waals surface area contributed by atoms with E-state index in [0.717, 1.165) is 0 Å². The van der Waals surface area contributed by atoms with E-state index in [1.54, 1.807) is 30.5 Å². The quantitative estimate of drug-likeness (QED) is 0.554. The third-order valence-electron chi connectivity index (χ3n) is 4.03. The molecule has 3 aromatic rings. The van der Waals surface area contributed by atoms with Crippen molar-refractivity contribution in [3.8, 4) is 0 Å². The third kappa shape index (κ3) is 4.20. The summed E-state index contributed by atoms with van der Waals surface area (Å²) in [6, 6.07) is 8.45. The average molecular weight is 371 g/mol. The Morgan fingerprint density at radius 1 is 1.30 bits per heavy atom. The Kier molecular flexibility index (Phi) is 5.30. The van der Waals surface area contributed by atoms with Crippen LogP contribution in [0, 0.1) is 5.82 Å². The summed E-state index contributed by atoms with van der Waals surface area (Å²) < 4.78 is 15.1. The zero-order chi connectivity index (χ0) is 19.4. The van der Waals surface area contributed by atoms with Crippen molar-refractivity contribution in [2.75, 3.05) is 11.9 Å². The lowest BCUT2D eigenvalue weighted by Gasteiger charge is -2.19. The highest BCUT2D eigenvalue weighted by Gasteiger charge is 2.25. The molecule has 0 fully saturated rings. The van der Waals surface area contributed by atoms with Gasteiger partial charge in [-0.3, -0.25) is 14.2 Å². The van der Waals surface area contributed by atoms with Crippen LogP contribution in [-0.2, 0) is 16.0 Å². The van der Waals surface area contributed by atoms with Gasteiger partial charge >= 0.3 is 5.97 Å². The van der Waals surface area contributed by atoms with Crippen molar-refractivity contribution >= 4 is 29.0 Å². The molecule has 2 aromatic heterocycles. The molecule has 9 heteroatoms. The largest absolute Gasteiger partial charge is 0.481 e. The van der Waals surface area contributed by atoms with E-state index < -0.39 is 23.7 Å². The van der Waals surface area contributed by atoms with Gasteiger partial charge in [0.05, 0.1) is 6.42 Å². The summed E-state index contributed by atoms with van der Waals surface area (Å²) in [5.74, 6) is -1.73. The predicted molar refractivity (Wildman–Crippen MR) is 96.6 cm³/mol. The molecule has 0 aliphatic rings. The molecule has 1 amide bonds. The lowest BCUT2D eigenvalue weighted by Crippen LogP contribution is -2.29. The number of imidazole rings is 1. The maximum atomic E-state index is 13.5. The summed E-state index contributed by atoms with van der Waals surface area (Å²) in [4.78, 5) is 31.6. The number of carbonyl (C=O) groups is 2. The van der Waals surface area contributed by atoms with Gasteiger partial charge in [-0.1, -0.05) is 12.1 Å². The number of aromatic nitrogens is 3. The molecule has 0 aliphatic carbocycles. The van der Waals surface area contributed by atoms with Crippen LogP contribution < -0.4 is 11.1 Å². The molecule has 0 radical (unpaired) electrons. The summed E-state index contributed by atoms with van der Waals surface area (Å²) in [5.41, 5.74) is 7.17. The van der Waals surface area contributed by atoms with Crippen LogP contribution in [0.5, 0.6) is 0 Å². The highest BCUT2D eigenvalue weighted by atomic mass is 19.1. The number of hydrogen-bond donors (Lipinski definition) is 3. The van der Waals surface area contributed by atoms with Crippen LogP contribution in [0.3, 0.4) is 0 Å². The minimum Gasteiger partial charge on any atom is -0.481 e. The Bertz CT molecular complexity index is 988. The van der Waals surface area contributed by atoms with Gasteiger partial charge in [0.25, 0.3) is 0 Å². The molecule has 0 saturated heterocycles. The molecule has 0 aliphatic heterocycles. The highest BCUT2D eigenvalue weighted by Crippen LogP contribution is 2.26. The van der Waals surface area contributed by atoms with Gasteiger partial charge in [-0.15, -0.1) is 0 Å². The number of benzene rings is 1. The number of carbonyl (C=O) groups excluding carboxylic acids is 1. The average Bonchev–Trinajstić information content (AvgIpc) is 2.97. The van der Waals surface area contributed by atoms with E-state index in [-0.39, 0.29) is 25.3 Å². The summed E-state index contributed by atoms with van der Waals surface area (Å²) in [7, 11) is 0. The topological polar surface area (TPSA) is 123 Å². The fraction of sp³-hybridized carbons (Fsp3) is 0.222. The standard InChI is InChI=1S/C18H18FN5O3/c19-12-4-1-3-11(9-12)10-14(16(20)27)24-17-13(5-2-7-21-17)23-18(24)22-8-6-15(25)26/h1-5,7,9,14H,6,8,10H2,(H2,20,27)(H,22,23)(H,25,26). The number of nitrogens with zero attached hydrogens (tertiary/aromatic N) is 3. The maximum Gasteiger partial charge on any atom is 0.305 e. The summed E-state index contributed by atoms with van der Waals surface area (Å²) in [6.45, 7) is 0.115. The number of anilines is 1. The van der Waals surface area contributed by atoms with Crippen molar-refractivity contribution in [2.24, 2.45) is 5.73 Å². The molecule has 140 valence electrons. The Labute approximate surface area is 153 Å². The number of hydrogen-bond acceptors (Lipinski definition) is 5. The van der Waals surface area contributed by atoms with E-state index in [4.69, 9.17) is 10.8 Å². The van der Waals surface area contributed by atoms with E-state index in [2.05, 4.69) is 15.3 Å². The van der Waals surface area contributed by atoms with Crippen LogP contribution >= 0.6 is 0 Å². The fourth-order valence-electron chi connectivity index (χ4n) is 2.84. The van der Waals surface area contributed by atoms with Crippen molar-refractivity contribution in [2.45, 2.75) is 18.9 Å².